The molecule has 2 aromatic carbocycles. The fourth-order valence-corrected chi connectivity index (χ4v) is 4.97. The second-order valence-corrected chi connectivity index (χ2v) is 9.85. The van der Waals surface area contributed by atoms with E-state index in [4.69, 9.17) is 5.14 Å². The van der Waals surface area contributed by atoms with Crippen molar-refractivity contribution in [2.24, 2.45) is 5.14 Å². The second kappa shape index (κ2) is 8.06. The molecule has 2 heterocycles. The topological polar surface area (TPSA) is 127 Å². The zero-order valence-electron chi connectivity index (χ0n) is 16.1. The Morgan fingerprint density at radius 2 is 1.65 bits per heavy atom. The molecule has 3 aromatic rings. The van der Waals surface area contributed by atoms with Crippen LogP contribution in [0.5, 0.6) is 0 Å². The van der Waals surface area contributed by atoms with Crippen molar-refractivity contribution in [2.75, 3.05) is 0 Å². The summed E-state index contributed by atoms with van der Waals surface area (Å²) in [5.41, 5.74) is 1.74. The second-order valence-electron chi connectivity index (χ2n) is 6.89. The molecule has 4 rings (SSSR count). The summed E-state index contributed by atoms with van der Waals surface area (Å²) < 4.78 is 22.7. The van der Waals surface area contributed by atoms with Crippen molar-refractivity contribution >= 4 is 39.1 Å². The van der Waals surface area contributed by atoms with Gasteiger partial charge in [-0.1, -0.05) is 24.3 Å². The Kier molecular flexibility index (Phi) is 5.44. The zero-order valence-corrected chi connectivity index (χ0v) is 17.7. The van der Waals surface area contributed by atoms with Crippen LogP contribution in [0.3, 0.4) is 0 Å². The van der Waals surface area contributed by atoms with Crippen LogP contribution < -0.4 is 10.5 Å². The van der Waals surface area contributed by atoms with Gasteiger partial charge >= 0.3 is 0 Å². The molecule has 0 saturated carbocycles. The summed E-state index contributed by atoms with van der Waals surface area (Å²) in [7, 11) is -3.77. The van der Waals surface area contributed by atoms with E-state index in [1.165, 1.54) is 6.07 Å². The minimum Gasteiger partial charge on any atom is -0.347 e. The number of nitrogens with zero attached hydrogens (tertiary/aromatic N) is 1. The summed E-state index contributed by atoms with van der Waals surface area (Å²) in [6, 6.07) is 16.3. The van der Waals surface area contributed by atoms with Crippen molar-refractivity contribution in [1.82, 2.24) is 10.2 Å². The van der Waals surface area contributed by atoms with Gasteiger partial charge in [-0.3, -0.25) is 19.3 Å². The molecule has 1 aliphatic rings. The summed E-state index contributed by atoms with van der Waals surface area (Å²) >= 11 is 0.987. The first-order valence-electron chi connectivity index (χ1n) is 9.18. The number of thiophene rings is 1. The Hall–Kier alpha value is -3.34. The van der Waals surface area contributed by atoms with Crippen molar-refractivity contribution in [3.63, 3.8) is 0 Å². The van der Waals surface area contributed by atoms with Crippen LogP contribution in [0, 0.1) is 0 Å². The number of sulfonamides is 1. The maximum absolute atomic E-state index is 12.5. The number of rotatable bonds is 6. The van der Waals surface area contributed by atoms with Gasteiger partial charge in [0.05, 0.1) is 24.2 Å². The Balaban J connectivity index is 1.44. The van der Waals surface area contributed by atoms with Crippen LogP contribution in [0.4, 0.5) is 0 Å². The summed E-state index contributed by atoms with van der Waals surface area (Å²) in [5, 5.41) is 7.81. The molecule has 3 N–H and O–H groups in total. The van der Waals surface area contributed by atoms with E-state index in [1.807, 2.05) is 0 Å². The van der Waals surface area contributed by atoms with Gasteiger partial charge in [0.15, 0.2) is 0 Å². The van der Waals surface area contributed by atoms with E-state index in [0.29, 0.717) is 27.1 Å². The van der Waals surface area contributed by atoms with Gasteiger partial charge in [0, 0.05) is 10.4 Å². The molecule has 0 aliphatic carbocycles. The summed E-state index contributed by atoms with van der Waals surface area (Å²) in [4.78, 5) is 39.4. The highest BCUT2D eigenvalue weighted by Gasteiger charge is 2.35. The van der Waals surface area contributed by atoms with Crippen LogP contribution >= 0.6 is 11.3 Å². The van der Waals surface area contributed by atoms with Crippen molar-refractivity contribution in [3.05, 3.63) is 87.8 Å². The fourth-order valence-electron chi connectivity index (χ4n) is 3.25. The molecule has 0 spiro atoms. The molecule has 0 fully saturated rings. The number of nitrogens with one attached hydrogen (secondary N) is 1. The third-order valence-electron chi connectivity index (χ3n) is 4.75. The molecule has 0 bridgehead atoms. The highest BCUT2D eigenvalue weighted by Crippen LogP contribution is 2.24. The first-order chi connectivity index (χ1) is 14.7. The molecule has 0 radical (unpaired) electrons. The van der Waals surface area contributed by atoms with Crippen molar-refractivity contribution in [2.45, 2.75) is 17.3 Å². The average molecular weight is 456 g/mol. The highest BCUT2D eigenvalue weighted by atomic mass is 32.2. The van der Waals surface area contributed by atoms with Crippen molar-refractivity contribution < 1.29 is 22.8 Å². The number of fused-ring (bicyclic) bond motifs is 1. The number of primary sulfonamides is 1. The highest BCUT2D eigenvalue weighted by molar-refractivity contribution is 7.91. The molecule has 1 aliphatic heterocycles. The van der Waals surface area contributed by atoms with Gasteiger partial charge in [-0.05, 0) is 42.0 Å². The molecule has 158 valence electrons. The molecule has 31 heavy (non-hydrogen) atoms. The lowest BCUT2D eigenvalue weighted by molar-refractivity contribution is 0.0642. The molecule has 8 nitrogen and oxygen atoms in total. The van der Waals surface area contributed by atoms with Gasteiger partial charge in [0.2, 0.25) is 10.0 Å². The van der Waals surface area contributed by atoms with E-state index >= 15 is 0 Å². The van der Waals surface area contributed by atoms with Crippen LogP contribution in [0.1, 0.15) is 41.5 Å². The average Bonchev–Trinajstić information content (AvgIpc) is 3.32. The first kappa shape index (κ1) is 20.9. The predicted octanol–water partition coefficient (Wildman–Crippen LogP) is 2.12. The summed E-state index contributed by atoms with van der Waals surface area (Å²) in [6.07, 6.45) is 0. The van der Waals surface area contributed by atoms with Crippen molar-refractivity contribution in [3.8, 4) is 0 Å². The number of amides is 3. The Morgan fingerprint density at radius 3 is 2.26 bits per heavy atom. The van der Waals surface area contributed by atoms with Gasteiger partial charge in [-0.25, -0.2) is 13.6 Å². The van der Waals surface area contributed by atoms with Gasteiger partial charge in [-0.15, -0.1) is 11.3 Å². The number of benzene rings is 2. The largest absolute Gasteiger partial charge is 0.347 e. The molecule has 3 amide bonds. The predicted molar refractivity (Wildman–Crippen MR) is 114 cm³/mol. The van der Waals surface area contributed by atoms with E-state index in [9.17, 15) is 22.8 Å². The SMILES string of the molecule is NS(=O)(=O)c1ccc(CNC(=O)c2cccc(CN3C(=O)c4ccccc4C3=O)c2)s1. The van der Waals surface area contributed by atoms with Crippen LogP contribution in [-0.4, -0.2) is 31.0 Å². The molecule has 0 saturated heterocycles. The Labute approximate surface area is 182 Å². The standard InChI is InChI=1S/C21H17N3O5S2/c22-31(28,29)18-9-8-15(30-18)11-23-19(25)14-5-3-4-13(10-14)12-24-20(26)16-6-1-2-7-17(16)21(24)27/h1-10H,11-12H2,(H,23,25)(H2,22,28,29). The maximum Gasteiger partial charge on any atom is 0.261 e. The summed E-state index contributed by atoms with van der Waals surface area (Å²) in [5.74, 6) is -1.09. The Morgan fingerprint density at radius 1 is 0.968 bits per heavy atom. The van der Waals surface area contributed by atoms with Gasteiger partial charge < -0.3 is 5.32 Å². The smallest absolute Gasteiger partial charge is 0.261 e. The molecular formula is C21H17N3O5S2. The zero-order chi connectivity index (χ0) is 22.2. The van der Waals surface area contributed by atoms with Crippen molar-refractivity contribution in [1.29, 1.82) is 0 Å². The normalized spacial score (nSPS) is 13.4. The number of nitrogens with two attached hydrogens (primary N) is 1. The number of hydrogen-bond acceptors (Lipinski definition) is 6. The molecule has 0 unspecified atom stereocenters. The third kappa shape index (κ3) is 4.26. The summed E-state index contributed by atoms with van der Waals surface area (Å²) in [6.45, 7) is 0.192. The number of carbonyl (C=O) groups is 3. The third-order valence-corrected chi connectivity index (χ3v) is 7.27. The monoisotopic (exact) mass is 455 g/mol. The Bertz CT molecular complexity index is 1280. The lowest BCUT2D eigenvalue weighted by atomic mass is 10.1. The fraction of sp³-hybridized carbons (Fsp3) is 0.0952. The minimum atomic E-state index is -3.77. The van der Waals surface area contributed by atoms with E-state index in [1.54, 1.807) is 54.6 Å². The van der Waals surface area contributed by atoms with Gasteiger partial charge in [0.1, 0.15) is 4.21 Å². The van der Waals surface area contributed by atoms with Crippen LogP contribution in [0.25, 0.3) is 0 Å². The van der Waals surface area contributed by atoms with E-state index < -0.39 is 10.0 Å². The molecule has 0 atom stereocenters. The van der Waals surface area contributed by atoms with E-state index in [0.717, 1.165) is 16.2 Å². The quantitative estimate of drug-likeness (QED) is 0.551. The van der Waals surface area contributed by atoms with Gasteiger partial charge in [-0.2, -0.15) is 0 Å². The van der Waals surface area contributed by atoms with Crippen LogP contribution in [0.15, 0.2) is 64.9 Å². The van der Waals surface area contributed by atoms with Crippen LogP contribution in [0.2, 0.25) is 0 Å². The molecule has 10 heteroatoms. The molecule has 1 aromatic heterocycles. The number of imide groups is 1. The van der Waals surface area contributed by atoms with Crippen LogP contribution in [-0.2, 0) is 23.1 Å². The van der Waals surface area contributed by atoms with Gasteiger partial charge in [0.25, 0.3) is 17.7 Å². The number of carbonyl (C=O) groups excluding carboxylic acids is 3. The maximum atomic E-state index is 12.5. The first-order valence-corrected chi connectivity index (χ1v) is 11.5. The van der Waals surface area contributed by atoms with E-state index in [-0.39, 0.29) is 35.0 Å². The minimum absolute atomic E-state index is 0.0275. The lowest BCUT2D eigenvalue weighted by Gasteiger charge is -2.14. The lowest BCUT2D eigenvalue weighted by Crippen LogP contribution is -2.29. The van der Waals surface area contributed by atoms with E-state index in [2.05, 4.69) is 5.32 Å². The molecular weight excluding hydrogens is 438 g/mol. The number of hydrogen-bond donors (Lipinski definition) is 2.